The first-order valence-corrected chi connectivity index (χ1v) is 11.3. The average Bonchev–Trinajstić information content (AvgIpc) is 3.53. The number of hydrogen-bond donors (Lipinski definition) is 1. The van der Waals surface area contributed by atoms with Gasteiger partial charge in [-0.25, -0.2) is 4.98 Å². The third-order valence-electron chi connectivity index (χ3n) is 6.75. The fourth-order valence-corrected chi connectivity index (χ4v) is 4.71. The first-order valence-electron chi connectivity index (χ1n) is 11.3. The molecule has 1 aromatic heterocycles. The predicted octanol–water partition coefficient (Wildman–Crippen LogP) is 1.63. The van der Waals surface area contributed by atoms with Crippen LogP contribution in [0, 0.1) is 5.92 Å². The first-order chi connectivity index (χ1) is 15.5. The van der Waals surface area contributed by atoms with E-state index in [4.69, 9.17) is 9.72 Å². The molecule has 8 heteroatoms. The monoisotopic (exact) mass is 436 g/mol. The van der Waals surface area contributed by atoms with E-state index in [1.807, 2.05) is 34.1 Å². The smallest absolute Gasteiger partial charge is 0.254 e. The summed E-state index contributed by atoms with van der Waals surface area (Å²) < 4.78 is 5.24. The first kappa shape index (κ1) is 20.7. The minimum atomic E-state index is -0.107. The molecule has 2 fully saturated rings. The van der Waals surface area contributed by atoms with Gasteiger partial charge in [0.15, 0.2) is 0 Å². The van der Waals surface area contributed by atoms with Crippen LogP contribution in [0.2, 0.25) is 0 Å². The van der Waals surface area contributed by atoms with Gasteiger partial charge in [-0.1, -0.05) is 12.1 Å². The third kappa shape index (κ3) is 4.13. The molecule has 1 aliphatic carbocycles. The molecule has 168 valence electrons. The summed E-state index contributed by atoms with van der Waals surface area (Å²) in [5, 5.41) is 0. The quantitative estimate of drug-likeness (QED) is 0.769. The topological polar surface area (TPSA) is 95.6 Å². The molecular formula is C24H28N4O4. The Balaban J connectivity index is 1.27. The Morgan fingerprint density at radius 3 is 2.81 bits per heavy atom. The lowest BCUT2D eigenvalue weighted by Gasteiger charge is -2.28. The van der Waals surface area contributed by atoms with Crippen molar-refractivity contribution in [1.29, 1.82) is 0 Å². The lowest BCUT2D eigenvalue weighted by molar-refractivity contribution is -0.133. The number of hydrogen-bond acceptors (Lipinski definition) is 5. The lowest BCUT2D eigenvalue weighted by atomic mass is 10.0. The van der Waals surface area contributed by atoms with Gasteiger partial charge >= 0.3 is 0 Å². The van der Waals surface area contributed by atoms with E-state index in [9.17, 15) is 14.4 Å². The fraction of sp³-hybridized carbons (Fsp3) is 0.500. The van der Waals surface area contributed by atoms with Gasteiger partial charge in [-0.3, -0.25) is 14.4 Å². The Labute approximate surface area is 186 Å². The number of carbonyl (C=O) groups is 2. The van der Waals surface area contributed by atoms with Gasteiger partial charge in [0.25, 0.3) is 5.56 Å². The highest BCUT2D eigenvalue weighted by atomic mass is 16.5. The zero-order valence-corrected chi connectivity index (χ0v) is 18.3. The van der Waals surface area contributed by atoms with E-state index in [0.29, 0.717) is 56.1 Å². The van der Waals surface area contributed by atoms with Gasteiger partial charge in [-0.2, -0.15) is 0 Å². The summed E-state index contributed by atoms with van der Waals surface area (Å²) in [4.78, 5) is 49.4. The maximum absolute atomic E-state index is 12.8. The van der Waals surface area contributed by atoms with Crippen molar-refractivity contribution in [1.82, 2.24) is 19.8 Å². The van der Waals surface area contributed by atoms with Gasteiger partial charge in [-0.05, 0) is 43.4 Å². The van der Waals surface area contributed by atoms with Crippen LogP contribution in [0.5, 0.6) is 5.75 Å². The summed E-state index contributed by atoms with van der Waals surface area (Å²) in [6, 6.07) is 7.54. The molecule has 1 N–H and O–H groups in total. The van der Waals surface area contributed by atoms with E-state index in [1.165, 1.54) is 0 Å². The molecule has 1 aromatic carbocycles. The molecule has 1 unspecified atom stereocenters. The molecule has 0 bridgehead atoms. The van der Waals surface area contributed by atoms with Crippen LogP contribution in [0.1, 0.15) is 47.8 Å². The molecule has 0 spiro atoms. The average molecular weight is 437 g/mol. The molecule has 5 rings (SSSR count). The Hall–Kier alpha value is -3.16. The second-order valence-electron chi connectivity index (χ2n) is 9.01. The molecule has 0 radical (unpaired) electrons. The Bertz CT molecular complexity index is 1110. The molecule has 3 heterocycles. The third-order valence-corrected chi connectivity index (χ3v) is 6.75. The van der Waals surface area contributed by atoms with Crippen LogP contribution in [-0.2, 0) is 29.0 Å². The highest BCUT2D eigenvalue weighted by Crippen LogP contribution is 2.32. The molecule has 3 aliphatic rings. The molecule has 8 nitrogen and oxygen atoms in total. The maximum Gasteiger partial charge on any atom is 0.254 e. The van der Waals surface area contributed by atoms with Gasteiger partial charge in [-0.15, -0.1) is 0 Å². The minimum Gasteiger partial charge on any atom is -0.497 e. The highest BCUT2D eigenvalue weighted by Gasteiger charge is 2.36. The number of nitrogens with one attached hydrogen (secondary N) is 1. The van der Waals surface area contributed by atoms with Gasteiger partial charge in [0, 0.05) is 37.0 Å². The van der Waals surface area contributed by atoms with E-state index in [-0.39, 0.29) is 29.2 Å². The lowest BCUT2D eigenvalue weighted by Crippen LogP contribution is -2.40. The number of rotatable bonds is 5. The van der Waals surface area contributed by atoms with Crippen LogP contribution in [0.4, 0.5) is 0 Å². The number of aromatic nitrogens is 2. The standard InChI is InChI=1S/C24H28N4O4/c1-32-18-4-2-3-15(11-18)12-21(29)27-9-7-17(13-27)22-25-20-14-28(24(31)16-5-6-16)10-8-19(20)23(30)26-22/h2-4,11,16-17H,5-10,12-14H2,1H3,(H,25,26,30). The normalized spacial score (nSPS) is 20.2. The number of H-pyrrole nitrogens is 1. The number of benzene rings is 1. The maximum atomic E-state index is 12.8. The van der Waals surface area contributed by atoms with E-state index in [1.54, 1.807) is 7.11 Å². The van der Waals surface area contributed by atoms with Crippen molar-refractivity contribution in [3.05, 3.63) is 57.3 Å². The van der Waals surface area contributed by atoms with Crippen molar-refractivity contribution in [3.63, 3.8) is 0 Å². The SMILES string of the molecule is COc1cccc(CC(=O)N2CCC(c3nc4c(c(=O)[nH]3)CCN(C(=O)C3CC3)C4)C2)c1. The van der Waals surface area contributed by atoms with Crippen molar-refractivity contribution < 1.29 is 14.3 Å². The van der Waals surface area contributed by atoms with Crippen LogP contribution < -0.4 is 10.3 Å². The summed E-state index contributed by atoms with van der Waals surface area (Å²) in [5.41, 5.74) is 2.21. The molecule has 32 heavy (non-hydrogen) atoms. The molecule has 2 aliphatic heterocycles. The summed E-state index contributed by atoms with van der Waals surface area (Å²) in [7, 11) is 1.61. The summed E-state index contributed by atoms with van der Waals surface area (Å²) in [5.74, 6) is 1.77. The van der Waals surface area contributed by atoms with Gasteiger partial charge in [0.2, 0.25) is 11.8 Å². The number of methoxy groups -OCH3 is 1. The largest absolute Gasteiger partial charge is 0.497 e. The molecule has 1 saturated carbocycles. The van der Waals surface area contributed by atoms with Crippen molar-refractivity contribution in [2.45, 2.75) is 44.6 Å². The zero-order valence-electron chi connectivity index (χ0n) is 18.3. The molecule has 2 aromatic rings. The van der Waals surface area contributed by atoms with Crippen molar-refractivity contribution in [2.24, 2.45) is 5.92 Å². The van der Waals surface area contributed by atoms with Crippen molar-refractivity contribution in [2.75, 3.05) is 26.7 Å². The van der Waals surface area contributed by atoms with Crippen LogP contribution in [0.15, 0.2) is 29.1 Å². The summed E-state index contributed by atoms with van der Waals surface area (Å²) in [6.07, 6.45) is 3.56. The van der Waals surface area contributed by atoms with Crippen LogP contribution in [0.25, 0.3) is 0 Å². The summed E-state index contributed by atoms with van der Waals surface area (Å²) >= 11 is 0. The van der Waals surface area contributed by atoms with Crippen molar-refractivity contribution >= 4 is 11.8 Å². The van der Waals surface area contributed by atoms with Gasteiger partial charge in [0.05, 0.1) is 25.8 Å². The van der Waals surface area contributed by atoms with E-state index >= 15 is 0 Å². The fourth-order valence-electron chi connectivity index (χ4n) is 4.71. The molecule has 1 saturated heterocycles. The molecule has 1 atom stereocenters. The number of aromatic amines is 1. The predicted molar refractivity (Wildman–Crippen MR) is 117 cm³/mol. The molecule has 2 amide bonds. The summed E-state index contributed by atoms with van der Waals surface area (Å²) in [6.45, 7) is 2.17. The number of fused-ring (bicyclic) bond motifs is 1. The van der Waals surface area contributed by atoms with Gasteiger partial charge in [0.1, 0.15) is 11.6 Å². The highest BCUT2D eigenvalue weighted by molar-refractivity contribution is 5.81. The Morgan fingerprint density at radius 1 is 1.19 bits per heavy atom. The Morgan fingerprint density at radius 2 is 2.03 bits per heavy atom. The number of likely N-dealkylation sites (tertiary alicyclic amines) is 1. The minimum absolute atomic E-state index is 0.00299. The number of amides is 2. The van der Waals surface area contributed by atoms with Crippen LogP contribution >= 0.6 is 0 Å². The zero-order chi connectivity index (χ0) is 22.2. The van der Waals surface area contributed by atoms with E-state index in [2.05, 4.69) is 4.98 Å². The van der Waals surface area contributed by atoms with E-state index in [0.717, 1.165) is 30.6 Å². The number of carbonyl (C=O) groups excluding carboxylic acids is 2. The Kier molecular flexibility index (Phi) is 5.45. The molecular weight excluding hydrogens is 408 g/mol. The van der Waals surface area contributed by atoms with E-state index < -0.39 is 0 Å². The van der Waals surface area contributed by atoms with Crippen LogP contribution in [-0.4, -0.2) is 58.3 Å². The number of nitrogens with zero attached hydrogens (tertiary/aromatic N) is 3. The second kappa shape index (κ2) is 8.41. The second-order valence-corrected chi connectivity index (χ2v) is 9.01. The number of ether oxygens (including phenoxy) is 1. The van der Waals surface area contributed by atoms with Gasteiger partial charge < -0.3 is 19.5 Å². The van der Waals surface area contributed by atoms with Crippen LogP contribution in [0.3, 0.4) is 0 Å². The van der Waals surface area contributed by atoms with Crippen molar-refractivity contribution in [3.8, 4) is 5.75 Å².